The maximum atomic E-state index is 12.2. The summed E-state index contributed by atoms with van der Waals surface area (Å²) in [6.07, 6.45) is 2.54. The van der Waals surface area contributed by atoms with E-state index < -0.39 is 15.9 Å². The molecule has 1 heterocycles. The zero-order valence-corrected chi connectivity index (χ0v) is 12.7. The molecule has 0 aliphatic carbocycles. The Kier molecular flexibility index (Phi) is 6.34. The number of aromatic nitrogens is 1. The van der Waals surface area contributed by atoms with Crippen LogP contribution in [-0.4, -0.2) is 57.5 Å². The van der Waals surface area contributed by atoms with Crippen molar-refractivity contribution in [3.05, 3.63) is 23.5 Å². The molecule has 0 saturated carbocycles. The van der Waals surface area contributed by atoms with Crippen molar-refractivity contribution >= 4 is 27.5 Å². The van der Waals surface area contributed by atoms with E-state index in [1.165, 1.54) is 26.4 Å². The molecule has 1 rings (SSSR count). The van der Waals surface area contributed by atoms with Gasteiger partial charge in [-0.05, 0) is 6.07 Å². The minimum atomic E-state index is -3.85. The first-order chi connectivity index (χ1) is 9.39. The Morgan fingerprint density at radius 1 is 1.55 bits per heavy atom. The number of carbonyl (C=O) groups excluding carboxylic acids is 1. The van der Waals surface area contributed by atoms with Gasteiger partial charge in [-0.3, -0.25) is 9.78 Å². The van der Waals surface area contributed by atoms with Crippen molar-refractivity contribution in [3.8, 4) is 0 Å². The van der Waals surface area contributed by atoms with Gasteiger partial charge < -0.3 is 10.1 Å². The summed E-state index contributed by atoms with van der Waals surface area (Å²) >= 11 is 5.83. The van der Waals surface area contributed by atoms with E-state index in [9.17, 15) is 13.2 Å². The largest absolute Gasteiger partial charge is 0.383 e. The van der Waals surface area contributed by atoms with Gasteiger partial charge in [0.1, 0.15) is 4.90 Å². The number of nitrogens with one attached hydrogen (secondary N) is 1. The number of halogens is 1. The first-order valence-electron chi connectivity index (χ1n) is 5.71. The number of likely N-dealkylation sites (N-methyl/N-ethyl adjacent to an activating group) is 1. The van der Waals surface area contributed by atoms with Crippen LogP contribution in [0.15, 0.2) is 23.4 Å². The molecule has 1 amide bonds. The van der Waals surface area contributed by atoms with E-state index >= 15 is 0 Å². The lowest BCUT2D eigenvalue weighted by atomic mass is 10.5. The summed E-state index contributed by atoms with van der Waals surface area (Å²) in [5.74, 6) is -0.423. The summed E-state index contributed by atoms with van der Waals surface area (Å²) < 4.78 is 30.1. The Morgan fingerprint density at radius 2 is 2.25 bits per heavy atom. The molecule has 0 unspecified atom stereocenters. The summed E-state index contributed by atoms with van der Waals surface area (Å²) in [7, 11) is -1.04. The van der Waals surface area contributed by atoms with E-state index in [1.54, 1.807) is 0 Å². The van der Waals surface area contributed by atoms with E-state index in [0.29, 0.717) is 13.2 Å². The van der Waals surface area contributed by atoms with Crippen LogP contribution in [0.4, 0.5) is 0 Å². The number of carbonyl (C=O) groups is 1. The predicted molar refractivity (Wildman–Crippen MR) is 73.9 cm³/mol. The molecule has 112 valence electrons. The Hall–Kier alpha value is -1.22. The van der Waals surface area contributed by atoms with Crippen molar-refractivity contribution in [1.82, 2.24) is 14.6 Å². The fraction of sp³-hybridized carbons (Fsp3) is 0.455. The Bertz CT molecular complexity index is 565. The number of methoxy groups -OCH3 is 1. The molecule has 0 atom stereocenters. The number of hydrogen-bond acceptors (Lipinski definition) is 5. The second kappa shape index (κ2) is 7.53. The summed E-state index contributed by atoms with van der Waals surface area (Å²) in [6.45, 7) is 0.366. The monoisotopic (exact) mass is 321 g/mol. The number of nitrogens with zero attached hydrogens (tertiary/aromatic N) is 2. The molecule has 9 heteroatoms. The van der Waals surface area contributed by atoms with Crippen LogP contribution in [0.2, 0.25) is 5.02 Å². The minimum Gasteiger partial charge on any atom is -0.383 e. The summed E-state index contributed by atoms with van der Waals surface area (Å²) in [6, 6.07) is 1.38. The number of hydrogen-bond donors (Lipinski definition) is 1. The highest BCUT2D eigenvalue weighted by Crippen LogP contribution is 2.22. The fourth-order valence-electron chi connectivity index (χ4n) is 1.36. The van der Waals surface area contributed by atoms with Crippen molar-refractivity contribution in [2.24, 2.45) is 0 Å². The molecule has 1 N–H and O–H groups in total. The van der Waals surface area contributed by atoms with Crippen LogP contribution in [0.3, 0.4) is 0 Å². The van der Waals surface area contributed by atoms with Gasteiger partial charge in [-0.2, -0.15) is 4.31 Å². The maximum absolute atomic E-state index is 12.2. The van der Waals surface area contributed by atoms with Gasteiger partial charge in [0.2, 0.25) is 15.9 Å². The summed E-state index contributed by atoms with van der Waals surface area (Å²) in [4.78, 5) is 15.2. The first kappa shape index (κ1) is 16.8. The Balaban J connectivity index is 2.73. The van der Waals surface area contributed by atoms with Crippen LogP contribution >= 0.6 is 11.6 Å². The molecule has 0 bridgehead atoms. The SMILES string of the molecule is COCCNC(=O)CN(C)S(=O)(=O)c1cnccc1Cl. The van der Waals surface area contributed by atoms with Crippen LogP contribution in [0.25, 0.3) is 0 Å². The molecule has 0 aliphatic heterocycles. The van der Waals surface area contributed by atoms with Gasteiger partial charge in [-0.15, -0.1) is 0 Å². The zero-order chi connectivity index (χ0) is 15.2. The van der Waals surface area contributed by atoms with Gasteiger partial charge in [-0.25, -0.2) is 8.42 Å². The molecule has 1 aromatic rings. The van der Waals surface area contributed by atoms with Gasteiger partial charge in [-0.1, -0.05) is 11.6 Å². The third kappa shape index (κ3) is 4.41. The molecular formula is C11H16ClN3O4S. The number of amides is 1. The van der Waals surface area contributed by atoms with Gasteiger partial charge in [0, 0.05) is 33.1 Å². The highest BCUT2D eigenvalue weighted by molar-refractivity contribution is 7.89. The molecule has 0 fully saturated rings. The van der Waals surface area contributed by atoms with Crippen molar-refractivity contribution in [1.29, 1.82) is 0 Å². The second-order valence-corrected chi connectivity index (χ2v) is 6.33. The van der Waals surface area contributed by atoms with E-state index in [1.807, 2.05) is 0 Å². The third-order valence-electron chi connectivity index (χ3n) is 2.42. The highest BCUT2D eigenvalue weighted by atomic mass is 35.5. The van der Waals surface area contributed by atoms with Crippen LogP contribution in [-0.2, 0) is 19.6 Å². The molecule has 7 nitrogen and oxygen atoms in total. The number of sulfonamides is 1. The average molecular weight is 322 g/mol. The molecule has 0 aromatic carbocycles. The smallest absolute Gasteiger partial charge is 0.246 e. The zero-order valence-electron chi connectivity index (χ0n) is 11.2. The van der Waals surface area contributed by atoms with Gasteiger partial charge >= 0.3 is 0 Å². The van der Waals surface area contributed by atoms with Crippen LogP contribution in [0, 0.1) is 0 Å². The Labute approximate surface area is 122 Å². The fourth-order valence-corrected chi connectivity index (χ4v) is 2.89. The Morgan fingerprint density at radius 3 is 2.85 bits per heavy atom. The van der Waals surface area contributed by atoms with Crippen molar-refractivity contribution in [2.75, 3.05) is 33.9 Å². The van der Waals surface area contributed by atoms with Gasteiger partial charge in [0.15, 0.2) is 0 Å². The van der Waals surface area contributed by atoms with Crippen LogP contribution in [0.1, 0.15) is 0 Å². The number of ether oxygens (including phenoxy) is 1. The van der Waals surface area contributed by atoms with Crippen LogP contribution in [0.5, 0.6) is 0 Å². The topological polar surface area (TPSA) is 88.6 Å². The average Bonchev–Trinajstić information content (AvgIpc) is 2.39. The van der Waals surface area contributed by atoms with Crippen molar-refractivity contribution in [3.63, 3.8) is 0 Å². The minimum absolute atomic E-state index is 0.0617. The predicted octanol–water partition coefficient (Wildman–Crippen LogP) is 0.118. The summed E-state index contributed by atoms with van der Waals surface area (Å²) in [5, 5.41) is 2.60. The van der Waals surface area contributed by atoms with E-state index in [0.717, 1.165) is 10.5 Å². The first-order valence-corrected chi connectivity index (χ1v) is 7.53. The lowest BCUT2D eigenvalue weighted by Crippen LogP contribution is -2.39. The summed E-state index contributed by atoms with van der Waals surface area (Å²) in [5.41, 5.74) is 0. The van der Waals surface area contributed by atoms with E-state index in [4.69, 9.17) is 16.3 Å². The highest BCUT2D eigenvalue weighted by Gasteiger charge is 2.25. The van der Waals surface area contributed by atoms with Crippen molar-refractivity contribution in [2.45, 2.75) is 4.90 Å². The quantitative estimate of drug-likeness (QED) is 0.721. The van der Waals surface area contributed by atoms with E-state index in [2.05, 4.69) is 10.3 Å². The third-order valence-corrected chi connectivity index (χ3v) is 4.69. The van der Waals surface area contributed by atoms with E-state index in [-0.39, 0.29) is 16.5 Å². The number of rotatable bonds is 7. The molecule has 0 aliphatic rings. The molecule has 1 aromatic heterocycles. The normalized spacial score (nSPS) is 11.6. The molecule has 0 saturated heterocycles. The molecular weight excluding hydrogens is 306 g/mol. The lowest BCUT2D eigenvalue weighted by molar-refractivity contribution is -0.121. The molecule has 0 spiro atoms. The number of pyridine rings is 1. The molecule has 20 heavy (non-hydrogen) atoms. The van der Waals surface area contributed by atoms with Gasteiger partial charge in [0.05, 0.1) is 18.2 Å². The standard InChI is InChI=1S/C11H16ClN3O4S/c1-15(8-11(16)14-5-6-19-2)20(17,18)10-7-13-4-3-9(10)12/h3-4,7H,5-6,8H2,1-2H3,(H,14,16). The lowest BCUT2D eigenvalue weighted by Gasteiger charge is -2.17. The van der Waals surface area contributed by atoms with Gasteiger partial charge in [0.25, 0.3) is 0 Å². The van der Waals surface area contributed by atoms with Crippen molar-refractivity contribution < 1.29 is 17.9 Å². The molecule has 0 radical (unpaired) electrons. The second-order valence-electron chi connectivity index (χ2n) is 3.91. The maximum Gasteiger partial charge on any atom is 0.246 e. The van der Waals surface area contributed by atoms with Crippen LogP contribution < -0.4 is 5.32 Å².